The normalized spacial score (nSPS) is 12.6. The molecular weight excluding hydrogens is 336 g/mol. The number of hydrogen-bond donors (Lipinski definition) is 2. The first-order chi connectivity index (χ1) is 11.9. The van der Waals surface area contributed by atoms with Crippen molar-refractivity contribution in [3.63, 3.8) is 0 Å². The van der Waals surface area contributed by atoms with Gasteiger partial charge >= 0.3 is 0 Å². The third kappa shape index (κ3) is 5.69. The van der Waals surface area contributed by atoms with Gasteiger partial charge in [-0.2, -0.15) is 0 Å². The molecule has 2 aromatic rings. The summed E-state index contributed by atoms with van der Waals surface area (Å²) in [5.74, 6) is -0.00227. The Hall–Kier alpha value is -2.18. The second-order valence-corrected chi connectivity index (χ2v) is 7.57. The van der Waals surface area contributed by atoms with Crippen LogP contribution in [0.2, 0.25) is 0 Å². The number of hydrogen-bond acceptors (Lipinski definition) is 3. The Morgan fingerprint density at radius 2 is 1.68 bits per heavy atom. The third-order valence-corrected chi connectivity index (χ3v) is 5.44. The summed E-state index contributed by atoms with van der Waals surface area (Å²) < 4.78 is 27.7. The maximum atomic E-state index is 12.5. The van der Waals surface area contributed by atoms with Crippen LogP contribution in [-0.2, 0) is 21.2 Å². The van der Waals surface area contributed by atoms with Crippen molar-refractivity contribution in [2.45, 2.75) is 37.6 Å². The lowest BCUT2D eigenvalue weighted by Gasteiger charge is -2.15. The summed E-state index contributed by atoms with van der Waals surface area (Å²) in [5.41, 5.74) is 1.84. The molecule has 5 nitrogen and oxygen atoms in total. The van der Waals surface area contributed by atoms with Gasteiger partial charge in [0.25, 0.3) is 0 Å². The van der Waals surface area contributed by atoms with Gasteiger partial charge in [0.05, 0.1) is 4.90 Å². The molecule has 0 heterocycles. The number of nitrogens with one attached hydrogen (secondary N) is 2. The van der Waals surface area contributed by atoms with Crippen molar-refractivity contribution in [1.82, 2.24) is 10.0 Å². The zero-order valence-electron chi connectivity index (χ0n) is 14.5. The highest BCUT2D eigenvalue weighted by Crippen LogP contribution is 2.17. The van der Waals surface area contributed by atoms with E-state index in [1.54, 1.807) is 24.3 Å². The molecule has 0 spiro atoms. The van der Waals surface area contributed by atoms with Crippen molar-refractivity contribution in [2.24, 2.45) is 0 Å². The van der Waals surface area contributed by atoms with Crippen LogP contribution in [0.25, 0.3) is 0 Å². The molecule has 0 aliphatic rings. The van der Waals surface area contributed by atoms with Crippen LogP contribution in [0.5, 0.6) is 0 Å². The van der Waals surface area contributed by atoms with E-state index in [-0.39, 0.29) is 16.8 Å². The van der Waals surface area contributed by atoms with Gasteiger partial charge in [0.1, 0.15) is 0 Å². The quantitative estimate of drug-likeness (QED) is 0.760. The predicted molar refractivity (Wildman–Crippen MR) is 98.6 cm³/mol. The molecule has 0 fully saturated rings. The standard InChI is InChI=1S/C19H24N2O3S/c1-3-20-19(22)14-11-16-9-12-18(13-10-16)25(23,24)21-15(2)17-7-5-4-6-8-17/h4-10,12-13,15,21H,3,11,14H2,1-2H3,(H,20,22)/t15-/m0/s1. The third-order valence-electron chi connectivity index (χ3n) is 3.88. The van der Waals surface area contributed by atoms with Gasteiger partial charge in [0, 0.05) is 19.0 Å². The topological polar surface area (TPSA) is 75.3 Å². The minimum atomic E-state index is -3.59. The highest BCUT2D eigenvalue weighted by Gasteiger charge is 2.18. The van der Waals surface area contributed by atoms with E-state index in [1.807, 2.05) is 44.2 Å². The summed E-state index contributed by atoms with van der Waals surface area (Å²) in [5, 5.41) is 2.74. The highest BCUT2D eigenvalue weighted by molar-refractivity contribution is 7.89. The summed E-state index contributed by atoms with van der Waals surface area (Å²) in [6.07, 6.45) is 0.975. The molecule has 0 saturated heterocycles. The van der Waals surface area contributed by atoms with E-state index in [2.05, 4.69) is 10.0 Å². The number of benzene rings is 2. The van der Waals surface area contributed by atoms with Gasteiger partial charge < -0.3 is 5.32 Å². The van der Waals surface area contributed by atoms with Gasteiger partial charge in [-0.05, 0) is 43.5 Å². The van der Waals surface area contributed by atoms with E-state index in [0.29, 0.717) is 19.4 Å². The Bertz CT molecular complexity index is 787. The van der Waals surface area contributed by atoms with Crippen LogP contribution < -0.4 is 10.0 Å². The number of sulfonamides is 1. The van der Waals surface area contributed by atoms with Gasteiger partial charge in [-0.25, -0.2) is 13.1 Å². The van der Waals surface area contributed by atoms with E-state index in [1.165, 1.54) is 0 Å². The van der Waals surface area contributed by atoms with Gasteiger partial charge in [0.2, 0.25) is 15.9 Å². The van der Waals surface area contributed by atoms with Crippen LogP contribution in [0.3, 0.4) is 0 Å². The van der Waals surface area contributed by atoms with E-state index >= 15 is 0 Å². The number of carbonyl (C=O) groups excluding carboxylic acids is 1. The van der Waals surface area contributed by atoms with Crippen molar-refractivity contribution in [2.75, 3.05) is 6.54 Å². The van der Waals surface area contributed by atoms with Gasteiger partial charge in [-0.1, -0.05) is 42.5 Å². The molecule has 6 heteroatoms. The molecule has 0 unspecified atom stereocenters. The van der Waals surface area contributed by atoms with E-state index in [9.17, 15) is 13.2 Å². The maximum absolute atomic E-state index is 12.5. The fourth-order valence-corrected chi connectivity index (χ4v) is 3.72. The van der Waals surface area contributed by atoms with Gasteiger partial charge in [0.15, 0.2) is 0 Å². The molecular formula is C19H24N2O3S. The first kappa shape index (κ1) is 19.1. The predicted octanol–water partition coefficient (Wildman–Crippen LogP) is 2.79. The van der Waals surface area contributed by atoms with Crippen molar-refractivity contribution in [3.05, 3.63) is 65.7 Å². The molecule has 1 atom stereocenters. The second-order valence-electron chi connectivity index (χ2n) is 5.85. The number of carbonyl (C=O) groups is 1. The SMILES string of the molecule is CCNC(=O)CCc1ccc(S(=O)(=O)N[C@@H](C)c2ccccc2)cc1. The summed E-state index contributed by atoms with van der Waals surface area (Å²) in [6, 6.07) is 15.8. The van der Waals surface area contributed by atoms with Crippen molar-refractivity contribution < 1.29 is 13.2 Å². The smallest absolute Gasteiger partial charge is 0.241 e. The van der Waals surface area contributed by atoms with Gasteiger partial charge in [-0.3, -0.25) is 4.79 Å². The van der Waals surface area contributed by atoms with Crippen molar-refractivity contribution in [3.8, 4) is 0 Å². The second kappa shape index (κ2) is 8.78. The summed E-state index contributed by atoms with van der Waals surface area (Å²) in [6.45, 7) is 4.30. The van der Waals surface area contributed by atoms with Crippen molar-refractivity contribution >= 4 is 15.9 Å². The molecule has 0 saturated carbocycles. The molecule has 2 N–H and O–H groups in total. The van der Waals surface area contributed by atoms with E-state index in [4.69, 9.17) is 0 Å². The fourth-order valence-electron chi connectivity index (χ4n) is 2.49. The van der Waals surface area contributed by atoms with E-state index in [0.717, 1.165) is 11.1 Å². The zero-order chi connectivity index (χ0) is 18.3. The molecule has 0 aliphatic carbocycles. The summed E-state index contributed by atoms with van der Waals surface area (Å²) in [7, 11) is -3.59. The Kier molecular flexibility index (Phi) is 6.73. The highest BCUT2D eigenvalue weighted by atomic mass is 32.2. The number of aryl methyl sites for hydroxylation is 1. The monoisotopic (exact) mass is 360 g/mol. The molecule has 1 amide bonds. The molecule has 2 aromatic carbocycles. The van der Waals surface area contributed by atoms with Crippen LogP contribution in [0.1, 0.15) is 37.4 Å². The van der Waals surface area contributed by atoms with Crippen LogP contribution in [0.15, 0.2) is 59.5 Å². The minimum absolute atomic E-state index is 0.00227. The molecule has 2 rings (SSSR count). The first-order valence-electron chi connectivity index (χ1n) is 8.35. The van der Waals surface area contributed by atoms with E-state index < -0.39 is 10.0 Å². The van der Waals surface area contributed by atoms with Crippen LogP contribution in [-0.4, -0.2) is 20.9 Å². The Labute approximate surface area is 149 Å². The largest absolute Gasteiger partial charge is 0.356 e. The summed E-state index contributed by atoms with van der Waals surface area (Å²) in [4.78, 5) is 11.7. The molecule has 0 bridgehead atoms. The van der Waals surface area contributed by atoms with Gasteiger partial charge in [-0.15, -0.1) is 0 Å². The van der Waals surface area contributed by atoms with Crippen LogP contribution in [0, 0.1) is 0 Å². The molecule has 134 valence electrons. The lowest BCUT2D eigenvalue weighted by atomic mass is 10.1. The molecule has 0 radical (unpaired) electrons. The fraction of sp³-hybridized carbons (Fsp3) is 0.316. The average molecular weight is 360 g/mol. The molecule has 0 aliphatic heterocycles. The maximum Gasteiger partial charge on any atom is 0.241 e. The lowest BCUT2D eigenvalue weighted by molar-refractivity contribution is -0.120. The number of rotatable bonds is 8. The first-order valence-corrected chi connectivity index (χ1v) is 9.83. The Balaban J connectivity index is 2.01. The Morgan fingerprint density at radius 3 is 2.28 bits per heavy atom. The average Bonchev–Trinajstić information content (AvgIpc) is 2.61. The summed E-state index contributed by atoms with van der Waals surface area (Å²) >= 11 is 0. The number of amides is 1. The van der Waals surface area contributed by atoms with Crippen molar-refractivity contribution in [1.29, 1.82) is 0 Å². The molecule has 25 heavy (non-hydrogen) atoms. The van der Waals surface area contributed by atoms with Crippen LogP contribution >= 0.6 is 0 Å². The minimum Gasteiger partial charge on any atom is -0.356 e. The lowest BCUT2D eigenvalue weighted by Crippen LogP contribution is -2.26. The Morgan fingerprint density at radius 1 is 1.04 bits per heavy atom. The van der Waals surface area contributed by atoms with Crippen LogP contribution in [0.4, 0.5) is 0 Å². The zero-order valence-corrected chi connectivity index (χ0v) is 15.3. The molecule has 0 aromatic heterocycles.